The molecule has 19 heavy (non-hydrogen) atoms. The van der Waals surface area contributed by atoms with Gasteiger partial charge in [0.1, 0.15) is 0 Å². The van der Waals surface area contributed by atoms with E-state index in [0.717, 1.165) is 12.8 Å². The van der Waals surface area contributed by atoms with Gasteiger partial charge in [-0.05, 0) is 49.4 Å². The van der Waals surface area contributed by atoms with Gasteiger partial charge >= 0.3 is 0 Å². The minimum Gasteiger partial charge on any atom is -0.271 e. The number of nitrogens with two attached hydrogens (primary N) is 1. The van der Waals surface area contributed by atoms with E-state index in [1.807, 2.05) is 18.5 Å². The molecule has 0 bridgehead atoms. The molecule has 0 aliphatic carbocycles. The number of hydrogen-bond donors (Lipinski definition) is 2. The summed E-state index contributed by atoms with van der Waals surface area (Å²) in [5.74, 6) is 5.69. The van der Waals surface area contributed by atoms with E-state index >= 15 is 0 Å². The Morgan fingerprint density at radius 1 is 1.26 bits per heavy atom. The summed E-state index contributed by atoms with van der Waals surface area (Å²) in [5.41, 5.74) is 7.95. The lowest BCUT2D eigenvalue weighted by atomic mass is 9.97. The van der Waals surface area contributed by atoms with E-state index in [2.05, 4.69) is 48.5 Å². The second-order valence-corrected chi connectivity index (χ2v) is 4.98. The normalized spacial score (nSPS) is 12.4. The minimum atomic E-state index is 0.147. The number of hydrogen-bond acceptors (Lipinski definition) is 3. The summed E-state index contributed by atoms with van der Waals surface area (Å²) in [6.07, 6.45) is 5.68. The first-order valence-corrected chi connectivity index (χ1v) is 6.63. The summed E-state index contributed by atoms with van der Waals surface area (Å²) in [7, 11) is 0. The van der Waals surface area contributed by atoms with Crippen LogP contribution in [0.3, 0.4) is 0 Å². The molecule has 0 spiro atoms. The number of nitrogens with zero attached hydrogens (tertiary/aromatic N) is 1. The number of hydrazine groups is 1. The van der Waals surface area contributed by atoms with Crippen LogP contribution in [0.25, 0.3) is 0 Å². The van der Waals surface area contributed by atoms with Crippen LogP contribution >= 0.6 is 0 Å². The maximum absolute atomic E-state index is 5.69. The molecule has 0 amide bonds. The fraction of sp³-hybridized carbons (Fsp3) is 0.312. The molecule has 1 aromatic carbocycles. The monoisotopic (exact) mass is 255 g/mol. The zero-order chi connectivity index (χ0) is 13.7. The third kappa shape index (κ3) is 3.63. The molecule has 0 radical (unpaired) electrons. The first-order valence-electron chi connectivity index (χ1n) is 6.63. The molecular formula is C16H21N3. The average molecular weight is 255 g/mol. The van der Waals surface area contributed by atoms with Crippen LogP contribution in [0.2, 0.25) is 0 Å². The lowest BCUT2D eigenvalue weighted by Crippen LogP contribution is -2.29. The van der Waals surface area contributed by atoms with Gasteiger partial charge in [-0.15, -0.1) is 0 Å². The Balaban J connectivity index is 2.06. The molecule has 2 aromatic rings. The van der Waals surface area contributed by atoms with Crippen molar-refractivity contribution < 1.29 is 0 Å². The molecule has 1 atom stereocenters. The van der Waals surface area contributed by atoms with Gasteiger partial charge in [-0.3, -0.25) is 16.3 Å². The predicted octanol–water partition coefficient (Wildman–Crippen LogP) is 2.84. The molecule has 1 heterocycles. The smallest absolute Gasteiger partial charge is 0.0481 e. The van der Waals surface area contributed by atoms with E-state index in [-0.39, 0.29) is 6.04 Å². The van der Waals surface area contributed by atoms with E-state index in [9.17, 15) is 0 Å². The van der Waals surface area contributed by atoms with E-state index in [1.54, 1.807) is 0 Å². The lowest BCUT2D eigenvalue weighted by molar-refractivity contribution is 0.512. The van der Waals surface area contributed by atoms with Crippen LogP contribution in [-0.2, 0) is 6.42 Å². The van der Waals surface area contributed by atoms with E-state index in [1.165, 1.54) is 22.3 Å². The molecule has 3 nitrogen and oxygen atoms in total. The van der Waals surface area contributed by atoms with Crippen LogP contribution < -0.4 is 11.3 Å². The molecule has 100 valence electrons. The summed E-state index contributed by atoms with van der Waals surface area (Å²) in [4.78, 5) is 4.19. The first-order chi connectivity index (χ1) is 9.20. The van der Waals surface area contributed by atoms with Crippen LogP contribution in [0.1, 0.15) is 34.7 Å². The number of rotatable bonds is 5. The van der Waals surface area contributed by atoms with Crippen molar-refractivity contribution in [2.24, 2.45) is 5.84 Å². The third-order valence-corrected chi connectivity index (χ3v) is 3.46. The van der Waals surface area contributed by atoms with Crippen molar-refractivity contribution in [3.05, 3.63) is 65.0 Å². The molecule has 0 saturated heterocycles. The van der Waals surface area contributed by atoms with Crippen molar-refractivity contribution in [1.82, 2.24) is 10.4 Å². The molecule has 0 fully saturated rings. The van der Waals surface area contributed by atoms with Gasteiger partial charge in [-0.2, -0.15) is 0 Å². The summed E-state index contributed by atoms with van der Waals surface area (Å²) in [6, 6.07) is 10.8. The van der Waals surface area contributed by atoms with Crippen molar-refractivity contribution in [3.63, 3.8) is 0 Å². The van der Waals surface area contributed by atoms with Crippen LogP contribution in [0.5, 0.6) is 0 Å². The highest BCUT2D eigenvalue weighted by atomic mass is 15.2. The fourth-order valence-electron chi connectivity index (χ4n) is 2.35. The zero-order valence-electron chi connectivity index (χ0n) is 11.6. The molecule has 2 rings (SSSR count). The summed E-state index contributed by atoms with van der Waals surface area (Å²) >= 11 is 0. The Morgan fingerprint density at radius 3 is 2.79 bits per heavy atom. The van der Waals surface area contributed by atoms with Crippen LogP contribution in [0.4, 0.5) is 0 Å². The Bertz CT molecular complexity index is 537. The standard InChI is InChI=1S/C16H21N3/c1-12-4-3-5-14(10-12)6-7-16(19-17)15-11-18-9-8-13(15)2/h3-5,8-11,16,19H,6-7,17H2,1-2H3. The SMILES string of the molecule is Cc1cccc(CCC(NN)c2cnccc2C)c1. The third-order valence-electron chi connectivity index (χ3n) is 3.46. The van der Waals surface area contributed by atoms with Gasteiger partial charge in [0.25, 0.3) is 0 Å². The molecular weight excluding hydrogens is 234 g/mol. The minimum absolute atomic E-state index is 0.147. The zero-order valence-corrected chi connectivity index (χ0v) is 11.6. The van der Waals surface area contributed by atoms with Crippen molar-refractivity contribution in [2.75, 3.05) is 0 Å². The van der Waals surface area contributed by atoms with Gasteiger partial charge < -0.3 is 0 Å². The van der Waals surface area contributed by atoms with Gasteiger partial charge in [0.05, 0.1) is 0 Å². The maximum atomic E-state index is 5.69. The highest BCUT2D eigenvalue weighted by molar-refractivity contribution is 5.26. The number of pyridine rings is 1. The molecule has 0 aliphatic rings. The average Bonchev–Trinajstić information content (AvgIpc) is 2.41. The Morgan fingerprint density at radius 2 is 2.11 bits per heavy atom. The lowest BCUT2D eigenvalue weighted by Gasteiger charge is -2.18. The largest absolute Gasteiger partial charge is 0.271 e. The van der Waals surface area contributed by atoms with Gasteiger partial charge in [-0.25, -0.2) is 0 Å². The highest BCUT2D eigenvalue weighted by Gasteiger charge is 2.12. The number of aryl methyl sites for hydroxylation is 3. The van der Waals surface area contributed by atoms with Gasteiger partial charge in [0.15, 0.2) is 0 Å². The highest BCUT2D eigenvalue weighted by Crippen LogP contribution is 2.21. The van der Waals surface area contributed by atoms with Crippen molar-refractivity contribution in [2.45, 2.75) is 32.7 Å². The fourth-order valence-corrected chi connectivity index (χ4v) is 2.35. The van der Waals surface area contributed by atoms with Gasteiger partial charge in [-0.1, -0.05) is 29.8 Å². The van der Waals surface area contributed by atoms with Crippen LogP contribution in [0, 0.1) is 13.8 Å². The van der Waals surface area contributed by atoms with E-state index in [4.69, 9.17) is 5.84 Å². The topological polar surface area (TPSA) is 50.9 Å². The van der Waals surface area contributed by atoms with Crippen LogP contribution in [-0.4, -0.2) is 4.98 Å². The van der Waals surface area contributed by atoms with Crippen molar-refractivity contribution in [3.8, 4) is 0 Å². The Hall–Kier alpha value is -1.71. The number of benzene rings is 1. The Kier molecular flexibility index (Phi) is 4.66. The first kappa shape index (κ1) is 13.7. The second kappa shape index (κ2) is 6.45. The molecule has 0 saturated carbocycles. The molecule has 0 aliphatic heterocycles. The number of aromatic nitrogens is 1. The second-order valence-electron chi connectivity index (χ2n) is 4.98. The maximum Gasteiger partial charge on any atom is 0.0481 e. The van der Waals surface area contributed by atoms with Gasteiger partial charge in [0.2, 0.25) is 0 Å². The molecule has 3 heteroatoms. The van der Waals surface area contributed by atoms with E-state index < -0.39 is 0 Å². The quantitative estimate of drug-likeness (QED) is 0.638. The number of nitrogens with one attached hydrogen (secondary N) is 1. The summed E-state index contributed by atoms with van der Waals surface area (Å²) < 4.78 is 0. The summed E-state index contributed by atoms with van der Waals surface area (Å²) in [6.45, 7) is 4.21. The molecule has 1 unspecified atom stereocenters. The van der Waals surface area contributed by atoms with Crippen molar-refractivity contribution in [1.29, 1.82) is 0 Å². The van der Waals surface area contributed by atoms with Crippen LogP contribution in [0.15, 0.2) is 42.7 Å². The van der Waals surface area contributed by atoms with Gasteiger partial charge in [0, 0.05) is 18.4 Å². The van der Waals surface area contributed by atoms with Crippen molar-refractivity contribution >= 4 is 0 Å². The molecule has 1 aromatic heterocycles. The Labute approximate surface area is 114 Å². The molecule has 3 N–H and O–H groups in total. The predicted molar refractivity (Wildman–Crippen MR) is 78.5 cm³/mol. The van der Waals surface area contributed by atoms with E-state index in [0.29, 0.717) is 0 Å². The summed E-state index contributed by atoms with van der Waals surface area (Å²) in [5, 5.41) is 0.